The summed E-state index contributed by atoms with van der Waals surface area (Å²) < 4.78 is 19.9. The number of aliphatic hydroxyl groups excluding tert-OH is 1. The first-order valence-electron chi connectivity index (χ1n) is 18.7. The summed E-state index contributed by atoms with van der Waals surface area (Å²) in [6.07, 6.45) is 3.68. The van der Waals surface area contributed by atoms with Crippen LogP contribution in [0.5, 0.6) is 0 Å². The van der Waals surface area contributed by atoms with Gasteiger partial charge in [0.15, 0.2) is 6.29 Å². The standard InChI is InChI=1S/C31H59N3O8.C6H9NO3.Ga.HI/c1-9-30(7,27(38)34-20-23(4)35)22-31(8,28(39)42-19-15-17-25(40-10-2)41-11-3)21-29(5,6)26(37)33-18-14-12-13-16-24(32)36;1-4(8)7(5(2)9)6(3)10;;/h23,25,35H,9-22H2,1-8H3,(H4,32,33,34,36,37,38);1-3H3;;1H/q;;+2;/p-2. The predicted molar refractivity (Wildman–Crippen MR) is 215 cm³/mol. The van der Waals surface area contributed by atoms with Crippen molar-refractivity contribution in [2.45, 2.75) is 146 Å². The molecule has 0 aromatic heterocycles. The third-order valence-corrected chi connectivity index (χ3v) is 11.2. The number of carbonyl (C=O) groups excluding carboxylic acids is 7. The molecule has 0 heterocycles. The number of imide groups is 3. The Morgan fingerprint density at radius 1 is 0.778 bits per heavy atom. The number of aliphatic hydroxyl groups is 1. The Hall–Kier alpha value is -2.06. The fourth-order valence-electron chi connectivity index (χ4n) is 5.95. The van der Waals surface area contributed by atoms with Crippen LogP contribution in [0.3, 0.4) is 0 Å². The molecular formula is C37H67GaIN4O11. The van der Waals surface area contributed by atoms with Crippen molar-refractivity contribution >= 4 is 75.2 Å². The molecule has 0 aromatic rings. The molecule has 15 nitrogen and oxygen atoms in total. The van der Waals surface area contributed by atoms with Gasteiger partial charge in [-0.3, -0.25) is 24.0 Å². The molecule has 0 aromatic carbocycles. The van der Waals surface area contributed by atoms with Gasteiger partial charge in [-0.05, 0) is 47.0 Å². The van der Waals surface area contributed by atoms with Gasteiger partial charge in [0.2, 0.25) is 23.6 Å². The maximum atomic E-state index is 13.8. The molecule has 17 heteroatoms. The van der Waals surface area contributed by atoms with E-state index in [-0.39, 0.29) is 50.0 Å². The predicted octanol–water partition coefficient (Wildman–Crippen LogP) is 4.12. The van der Waals surface area contributed by atoms with E-state index >= 15 is 0 Å². The normalized spacial score (nSPS) is 13.9. The Morgan fingerprint density at radius 2 is 1.33 bits per heavy atom. The van der Waals surface area contributed by atoms with E-state index in [1.165, 1.54) is 20.8 Å². The molecule has 0 saturated carbocycles. The smallest absolute Gasteiger partial charge is 0.226 e. The number of carbonyl (C=O) groups is 7. The second-order valence-corrected chi connectivity index (χ2v) is 18.8. The zero-order valence-electron chi connectivity index (χ0n) is 34.5. The number of halogens is 1. The second-order valence-electron chi connectivity index (χ2n) is 14.5. The van der Waals surface area contributed by atoms with Crippen LogP contribution in [0.1, 0.15) is 134 Å². The van der Waals surface area contributed by atoms with E-state index in [4.69, 9.17) is 14.2 Å². The molecule has 0 saturated heterocycles. The van der Waals surface area contributed by atoms with E-state index in [1.807, 2.05) is 20.8 Å². The van der Waals surface area contributed by atoms with Gasteiger partial charge in [0.05, 0.1) is 12.7 Å². The first-order valence-corrected chi connectivity index (χ1v) is 27.3. The molecule has 0 rings (SSSR count). The molecule has 0 fully saturated rings. The number of nitrogens with zero attached hydrogens (tertiary/aromatic N) is 1. The van der Waals surface area contributed by atoms with Crippen molar-refractivity contribution in [3.05, 3.63) is 0 Å². The zero-order valence-corrected chi connectivity index (χ0v) is 39.1. The number of hydrogen-bond donors (Lipinski definition) is 4. The number of hydrogen-bond acceptors (Lipinski definition) is 11. The SMILES string of the molecule is CC(=O)N(C(C)=O)C(C)=O.CCOC(CCCOC(=O)C(C)(CC(C)(C)C(=O)NCCCCCC(=O)[NH][Ga][I])CC(C)(CC)C(=O)NCC(C)O)OCC. The number of esters is 1. The fourth-order valence-corrected chi connectivity index (χ4v) is 8.31. The van der Waals surface area contributed by atoms with Crippen LogP contribution in [0.2, 0.25) is 0 Å². The van der Waals surface area contributed by atoms with Crippen LogP contribution in [0, 0.1) is 16.2 Å². The number of nitrogens with one attached hydrogen (secondary N) is 3. The molecule has 6 amide bonds. The minimum atomic E-state index is -1.15. The van der Waals surface area contributed by atoms with Gasteiger partial charge < -0.3 is 24.6 Å². The summed E-state index contributed by atoms with van der Waals surface area (Å²) in [6, 6.07) is 0. The van der Waals surface area contributed by atoms with Gasteiger partial charge in [-0.1, -0.05) is 13.8 Å². The minimum Gasteiger partial charge on any atom is -0.392 e. The quantitative estimate of drug-likeness (QED) is 0.0337. The second kappa shape index (κ2) is 28.3. The summed E-state index contributed by atoms with van der Waals surface area (Å²) in [5.74, 6) is -2.43. The first-order chi connectivity index (χ1) is 25.1. The van der Waals surface area contributed by atoms with Crippen molar-refractivity contribution < 1.29 is 52.9 Å². The van der Waals surface area contributed by atoms with Crippen molar-refractivity contribution in [3.8, 4) is 0 Å². The number of ether oxygens (including phenoxy) is 3. The Morgan fingerprint density at radius 3 is 1.78 bits per heavy atom. The van der Waals surface area contributed by atoms with Crippen molar-refractivity contribution in [2.24, 2.45) is 16.2 Å². The van der Waals surface area contributed by atoms with Crippen molar-refractivity contribution in [1.29, 1.82) is 0 Å². The van der Waals surface area contributed by atoms with Gasteiger partial charge in [0, 0.05) is 52.4 Å². The number of amides is 6. The van der Waals surface area contributed by atoms with Crippen LogP contribution in [-0.4, -0.2) is 111 Å². The molecule has 3 atom stereocenters. The Labute approximate surface area is 341 Å². The summed E-state index contributed by atoms with van der Waals surface area (Å²) in [4.78, 5) is 84.1. The van der Waals surface area contributed by atoms with E-state index < -0.39 is 60.1 Å². The topological polar surface area (TPSA) is 207 Å². The molecule has 0 spiro atoms. The third kappa shape index (κ3) is 22.5. The minimum absolute atomic E-state index is 0.0952. The molecule has 311 valence electrons. The molecular weight excluding hydrogens is 873 g/mol. The van der Waals surface area contributed by atoms with Gasteiger partial charge in [-0.15, -0.1) is 0 Å². The summed E-state index contributed by atoms with van der Waals surface area (Å²) in [6.45, 7) is 19.7. The summed E-state index contributed by atoms with van der Waals surface area (Å²) in [7, 11) is 0. The molecule has 0 aliphatic heterocycles. The molecule has 0 aliphatic rings. The zero-order chi connectivity index (χ0) is 42.1. The molecule has 0 aliphatic carbocycles. The van der Waals surface area contributed by atoms with Gasteiger partial charge in [-0.2, -0.15) is 0 Å². The maximum Gasteiger partial charge on any atom is 0.226 e. The first kappa shape index (κ1) is 54.0. The van der Waals surface area contributed by atoms with Crippen LogP contribution in [-0.2, 0) is 47.8 Å². The van der Waals surface area contributed by atoms with E-state index in [1.54, 1.807) is 34.6 Å². The van der Waals surface area contributed by atoms with Crippen LogP contribution in [0.15, 0.2) is 0 Å². The van der Waals surface area contributed by atoms with Crippen LogP contribution >= 0.6 is 19.7 Å². The van der Waals surface area contributed by atoms with Gasteiger partial charge in [-0.25, -0.2) is 4.90 Å². The van der Waals surface area contributed by atoms with Crippen molar-refractivity contribution in [2.75, 3.05) is 32.9 Å². The van der Waals surface area contributed by atoms with E-state index in [0.29, 0.717) is 50.3 Å². The fraction of sp³-hybridized carbons (Fsp3) is 0.811. The van der Waals surface area contributed by atoms with E-state index in [0.717, 1.165) is 19.3 Å². The van der Waals surface area contributed by atoms with Gasteiger partial charge >= 0.3 is 134 Å². The summed E-state index contributed by atoms with van der Waals surface area (Å²) in [5, 5.41) is 15.5. The molecule has 54 heavy (non-hydrogen) atoms. The van der Waals surface area contributed by atoms with E-state index in [9.17, 15) is 38.7 Å². The average Bonchev–Trinajstić information content (AvgIpc) is 3.06. The number of rotatable bonds is 25. The third-order valence-electron chi connectivity index (χ3n) is 8.66. The van der Waals surface area contributed by atoms with Gasteiger partial charge in [0.1, 0.15) is 0 Å². The summed E-state index contributed by atoms with van der Waals surface area (Å²) >= 11 is 1.59. The van der Waals surface area contributed by atoms with Crippen LogP contribution < -0.4 is 14.7 Å². The van der Waals surface area contributed by atoms with Crippen LogP contribution in [0.25, 0.3) is 0 Å². The Bertz CT molecular complexity index is 1170. The monoisotopic (exact) mass is 939 g/mol. The Kier molecular flexibility index (Phi) is 28.4. The molecule has 1 radical (unpaired) electrons. The van der Waals surface area contributed by atoms with E-state index in [2.05, 4.69) is 34.3 Å². The molecule has 3 unspecified atom stereocenters. The van der Waals surface area contributed by atoms with Crippen LogP contribution in [0.4, 0.5) is 0 Å². The maximum absolute atomic E-state index is 13.8. The molecule has 0 bridgehead atoms. The number of unbranched alkanes of at least 4 members (excludes halogenated alkanes) is 2. The van der Waals surface area contributed by atoms with Crippen molar-refractivity contribution in [1.82, 2.24) is 19.6 Å². The summed E-state index contributed by atoms with van der Waals surface area (Å²) in [5.41, 5.74) is -3.02. The Balaban J connectivity index is 0. The molecule has 4 N–H and O–H groups in total. The van der Waals surface area contributed by atoms with Gasteiger partial charge in [0.25, 0.3) is 0 Å². The average molecular weight is 941 g/mol. The largest absolute Gasteiger partial charge is 0.392 e. The van der Waals surface area contributed by atoms with Crippen molar-refractivity contribution in [3.63, 3.8) is 0 Å².